The van der Waals surface area contributed by atoms with E-state index in [0.29, 0.717) is 6.04 Å². The van der Waals surface area contributed by atoms with E-state index in [9.17, 15) is 0 Å². The van der Waals surface area contributed by atoms with Gasteiger partial charge in [-0.15, -0.1) is 0 Å². The number of rotatable bonds is 3. The summed E-state index contributed by atoms with van der Waals surface area (Å²) in [6, 6.07) is 8.84. The summed E-state index contributed by atoms with van der Waals surface area (Å²) in [6.45, 7) is 1.17. The van der Waals surface area contributed by atoms with Gasteiger partial charge in [0.1, 0.15) is 0 Å². The first-order valence-corrected chi connectivity index (χ1v) is 6.71. The fourth-order valence-electron chi connectivity index (χ4n) is 2.08. The molecule has 1 unspecified atom stereocenters. The third-order valence-corrected chi connectivity index (χ3v) is 3.99. The van der Waals surface area contributed by atoms with E-state index in [1.165, 1.54) is 19.4 Å². The van der Waals surface area contributed by atoms with Crippen molar-refractivity contribution >= 4 is 22.8 Å². The lowest BCUT2D eigenvalue weighted by Crippen LogP contribution is -2.23. The van der Waals surface area contributed by atoms with Gasteiger partial charge in [0.15, 0.2) is 5.16 Å². The van der Waals surface area contributed by atoms with Crippen LogP contribution in [-0.4, -0.2) is 28.3 Å². The van der Waals surface area contributed by atoms with Crippen molar-refractivity contribution in [1.82, 2.24) is 15.3 Å². The highest BCUT2D eigenvalue weighted by Gasteiger charge is 2.14. The fraction of sp³-hybridized carbons (Fsp3) is 0.417. The molecule has 4 heteroatoms. The number of hydrogen-bond donors (Lipinski definition) is 2. The number of aromatic amines is 1. The molecule has 16 heavy (non-hydrogen) atoms. The monoisotopic (exact) mass is 233 g/mol. The van der Waals surface area contributed by atoms with Gasteiger partial charge in [-0.05, 0) is 31.5 Å². The Morgan fingerprint density at radius 3 is 3.12 bits per heavy atom. The Labute approximate surface area is 99.0 Å². The van der Waals surface area contributed by atoms with E-state index >= 15 is 0 Å². The minimum atomic E-state index is 0.665. The van der Waals surface area contributed by atoms with Crippen molar-refractivity contribution in [2.75, 3.05) is 12.3 Å². The topological polar surface area (TPSA) is 40.7 Å². The van der Waals surface area contributed by atoms with Crippen LogP contribution in [0.15, 0.2) is 29.4 Å². The highest BCUT2D eigenvalue weighted by molar-refractivity contribution is 7.99. The van der Waals surface area contributed by atoms with Crippen LogP contribution in [0.4, 0.5) is 0 Å². The molecule has 1 aliphatic heterocycles. The van der Waals surface area contributed by atoms with E-state index in [-0.39, 0.29) is 0 Å². The first kappa shape index (κ1) is 10.2. The van der Waals surface area contributed by atoms with Crippen LogP contribution in [0, 0.1) is 0 Å². The zero-order valence-corrected chi connectivity index (χ0v) is 9.89. The number of nitrogens with zero attached hydrogens (tertiary/aromatic N) is 1. The van der Waals surface area contributed by atoms with Crippen LogP contribution in [0.3, 0.4) is 0 Å². The molecule has 0 bridgehead atoms. The molecule has 0 radical (unpaired) electrons. The lowest BCUT2D eigenvalue weighted by molar-refractivity contribution is 0.673. The van der Waals surface area contributed by atoms with Gasteiger partial charge in [-0.1, -0.05) is 23.9 Å². The second-order valence-electron chi connectivity index (χ2n) is 4.16. The second-order valence-corrected chi connectivity index (χ2v) is 5.17. The van der Waals surface area contributed by atoms with Crippen LogP contribution < -0.4 is 5.32 Å². The third-order valence-electron chi connectivity index (χ3n) is 2.95. The van der Waals surface area contributed by atoms with Crippen molar-refractivity contribution < 1.29 is 0 Å². The summed E-state index contributed by atoms with van der Waals surface area (Å²) in [5, 5.41) is 4.54. The number of aromatic nitrogens is 2. The van der Waals surface area contributed by atoms with E-state index in [0.717, 1.165) is 21.9 Å². The molecule has 0 aliphatic carbocycles. The Balaban J connectivity index is 1.69. The smallest absolute Gasteiger partial charge is 0.166 e. The lowest BCUT2D eigenvalue weighted by Gasteiger charge is -2.06. The number of para-hydroxylation sites is 2. The first-order valence-electron chi connectivity index (χ1n) is 5.73. The van der Waals surface area contributed by atoms with Crippen molar-refractivity contribution in [2.24, 2.45) is 0 Å². The lowest BCUT2D eigenvalue weighted by atomic mass is 10.3. The van der Waals surface area contributed by atoms with Crippen molar-refractivity contribution in [3.05, 3.63) is 24.3 Å². The molecule has 1 aromatic carbocycles. The predicted octanol–water partition coefficient (Wildman–Crippen LogP) is 2.41. The van der Waals surface area contributed by atoms with Crippen LogP contribution in [0.25, 0.3) is 11.0 Å². The molecule has 0 spiro atoms. The zero-order valence-electron chi connectivity index (χ0n) is 9.07. The molecule has 2 N–H and O–H groups in total. The SMILES string of the molecule is c1ccc2[nH]c(SCC3CCCN3)nc2c1. The number of hydrogen-bond acceptors (Lipinski definition) is 3. The van der Waals surface area contributed by atoms with E-state index in [1.54, 1.807) is 0 Å². The van der Waals surface area contributed by atoms with Crippen molar-refractivity contribution in [3.63, 3.8) is 0 Å². The summed E-state index contributed by atoms with van der Waals surface area (Å²) < 4.78 is 0. The van der Waals surface area contributed by atoms with Gasteiger partial charge in [-0.3, -0.25) is 0 Å². The number of thioether (sulfide) groups is 1. The standard InChI is InChI=1S/C12H15N3S/c1-2-6-11-10(5-1)14-12(15-11)16-8-9-4-3-7-13-9/h1-2,5-6,9,13H,3-4,7-8H2,(H,14,15). The fourth-order valence-corrected chi connectivity index (χ4v) is 3.06. The Hall–Kier alpha value is -1.00. The first-order chi connectivity index (χ1) is 7.92. The summed E-state index contributed by atoms with van der Waals surface area (Å²) in [6.07, 6.45) is 2.61. The summed E-state index contributed by atoms with van der Waals surface area (Å²) in [5.41, 5.74) is 2.19. The number of nitrogens with one attached hydrogen (secondary N) is 2. The summed E-state index contributed by atoms with van der Waals surface area (Å²) in [4.78, 5) is 7.90. The van der Waals surface area contributed by atoms with Gasteiger partial charge in [0.2, 0.25) is 0 Å². The van der Waals surface area contributed by atoms with Crippen LogP contribution >= 0.6 is 11.8 Å². The Bertz CT molecular complexity index is 441. The minimum Gasteiger partial charge on any atom is -0.333 e. The third kappa shape index (κ3) is 2.08. The van der Waals surface area contributed by atoms with Crippen LogP contribution in [0.1, 0.15) is 12.8 Å². The van der Waals surface area contributed by atoms with Crippen molar-refractivity contribution in [2.45, 2.75) is 24.0 Å². The van der Waals surface area contributed by atoms with Gasteiger partial charge in [0, 0.05) is 11.8 Å². The summed E-state index contributed by atoms with van der Waals surface area (Å²) in [7, 11) is 0. The minimum absolute atomic E-state index is 0.665. The van der Waals surface area contributed by atoms with E-state index in [1.807, 2.05) is 30.0 Å². The Kier molecular flexibility index (Phi) is 2.84. The summed E-state index contributed by atoms with van der Waals surface area (Å²) in [5.74, 6) is 1.11. The van der Waals surface area contributed by atoms with Gasteiger partial charge in [-0.25, -0.2) is 4.98 Å². The highest BCUT2D eigenvalue weighted by Crippen LogP contribution is 2.21. The van der Waals surface area contributed by atoms with Gasteiger partial charge < -0.3 is 10.3 Å². The molecule has 84 valence electrons. The van der Waals surface area contributed by atoms with Crippen LogP contribution in [-0.2, 0) is 0 Å². The predicted molar refractivity (Wildman–Crippen MR) is 67.8 cm³/mol. The van der Waals surface area contributed by atoms with Crippen molar-refractivity contribution in [1.29, 1.82) is 0 Å². The molecule has 1 aromatic heterocycles. The number of H-pyrrole nitrogens is 1. The molecule has 1 aliphatic rings. The summed E-state index contributed by atoms with van der Waals surface area (Å²) >= 11 is 1.81. The van der Waals surface area contributed by atoms with E-state index in [4.69, 9.17) is 0 Å². The van der Waals surface area contributed by atoms with E-state index in [2.05, 4.69) is 21.4 Å². The van der Waals surface area contributed by atoms with Crippen LogP contribution in [0.2, 0.25) is 0 Å². The molecule has 1 fully saturated rings. The van der Waals surface area contributed by atoms with Crippen molar-refractivity contribution in [3.8, 4) is 0 Å². The number of imidazole rings is 1. The number of benzene rings is 1. The molecule has 2 heterocycles. The molecular weight excluding hydrogens is 218 g/mol. The van der Waals surface area contributed by atoms with Crippen LogP contribution in [0.5, 0.6) is 0 Å². The van der Waals surface area contributed by atoms with Gasteiger partial charge in [-0.2, -0.15) is 0 Å². The van der Waals surface area contributed by atoms with Gasteiger partial charge >= 0.3 is 0 Å². The normalized spacial score (nSPS) is 20.6. The largest absolute Gasteiger partial charge is 0.333 e. The highest BCUT2D eigenvalue weighted by atomic mass is 32.2. The molecule has 1 atom stereocenters. The maximum atomic E-state index is 4.55. The molecule has 1 saturated heterocycles. The quantitative estimate of drug-likeness (QED) is 0.800. The molecule has 3 nitrogen and oxygen atoms in total. The Morgan fingerprint density at radius 2 is 2.31 bits per heavy atom. The molecule has 0 saturated carbocycles. The second kappa shape index (κ2) is 4.47. The average Bonchev–Trinajstić information content (AvgIpc) is 2.95. The maximum Gasteiger partial charge on any atom is 0.166 e. The zero-order chi connectivity index (χ0) is 10.8. The number of fused-ring (bicyclic) bond motifs is 1. The molecular formula is C12H15N3S. The molecule has 3 rings (SSSR count). The van der Waals surface area contributed by atoms with Gasteiger partial charge in [0.25, 0.3) is 0 Å². The average molecular weight is 233 g/mol. The molecule has 0 amide bonds. The maximum absolute atomic E-state index is 4.55. The van der Waals surface area contributed by atoms with E-state index < -0.39 is 0 Å². The Morgan fingerprint density at radius 1 is 1.38 bits per heavy atom. The van der Waals surface area contributed by atoms with Gasteiger partial charge in [0.05, 0.1) is 11.0 Å². The molecule has 2 aromatic rings.